The van der Waals surface area contributed by atoms with Gasteiger partial charge in [0.1, 0.15) is 5.60 Å². The lowest BCUT2D eigenvalue weighted by atomic mass is 9.84. The summed E-state index contributed by atoms with van der Waals surface area (Å²) in [5, 5.41) is 10.5. The Morgan fingerprint density at radius 1 is 1.42 bits per heavy atom. The average molecular weight is 267 g/mol. The van der Waals surface area contributed by atoms with Crippen LogP contribution in [-0.2, 0) is 4.74 Å². The summed E-state index contributed by atoms with van der Waals surface area (Å²) < 4.78 is 5.47. The minimum Gasteiger partial charge on any atom is -0.444 e. The molecule has 0 aromatic rings. The Hall–Kier alpha value is -1.03. The molecule has 4 nitrogen and oxygen atoms in total. The lowest BCUT2D eigenvalue weighted by molar-refractivity contribution is -0.0565. The first-order chi connectivity index (χ1) is 8.74. The van der Waals surface area contributed by atoms with Crippen LogP contribution in [0, 0.1) is 0 Å². The maximum Gasteiger partial charge on any atom is 0.410 e. The lowest BCUT2D eigenvalue weighted by Crippen LogP contribution is -2.54. The molecule has 4 heteroatoms. The Morgan fingerprint density at radius 2 is 1.95 bits per heavy atom. The predicted octanol–water partition coefficient (Wildman–Crippen LogP) is 2.86. The van der Waals surface area contributed by atoms with Crippen LogP contribution in [-0.4, -0.2) is 39.4 Å². The molecule has 0 spiro atoms. The second-order valence-electron chi connectivity index (χ2n) is 6.90. The van der Waals surface area contributed by atoms with Gasteiger partial charge < -0.3 is 14.7 Å². The number of ether oxygens (including phenoxy) is 1. The highest BCUT2D eigenvalue weighted by molar-refractivity contribution is 5.69. The summed E-state index contributed by atoms with van der Waals surface area (Å²) in [6.45, 7) is 9.35. The first kappa shape index (κ1) is 14.4. The molecular weight excluding hydrogens is 242 g/mol. The highest BCUT2D eigenvalue weighted by Gasteiger charge is 2.49. The highest BCUT2D eigenvalue weighted by atomic mass is 16.6. The fourth-order valence-electron chi connectivity index (χ4n) is 3.37. The molecule has 2 atom stereocenters. The minimum atomic E-state index is -0.688. The smallest absolute Gasteiger partial charge is 0.410 e. The minimum absolute atomic E-state index is 0.110. The molecular formula is C15H25NO3. The van der Waals surface area contributed by atoms with Crippen molar-refractivity contribution in [2.45, 2.75) is 76.2 Å². The van der Waals surface area contributed by atoms with E-state index < -0.39 is 11.2 Å². The van der Waals surface area contributed by atoms with E-state index in [-0.39, 0.29) is 18.2 Å². The summed E-state index contributed by atoms with van der Waals surface area (Å²) in [5.41, 5.74) is -1.16. The maximum absolute atomic E-state index is 12.2. The van der Waals surface area contributed by atoms with Crippen molar-refractivity contribution in [1.29, 1.82) is 0 Å². The third-order valence-corrected chi connectivity index (χ3v) is 3.98. The van der Waals surface area contributed by atoms with Crippen LogP contribution in [0.2, 0.25) is 0 Å². The fraction of sp³-hybridized carbons (Fsp3) is 0.800. The Labute approximate surface area is 115 Å². The van der Waals surface area contributed by atoms with Crippen LogP contribution in [0.25, 0.3) is 0 Å². The van der Waals surface area contributed by atoms with Gasteiger partial charge in [-0.15, -0.1) is 6.58 Å². The van der Waals surface area contributed by atoms with E-state index in [1.54, 1.807) is 6.08 Å². The molecule has 2 aliphatic rings. The quantitative estimate of drug-likeness (QED) is 0.783. The number of nitrogens with zero attached hydrogens (tertiary/aromatic N) is 1. The molecule has 19 heavy (non-hydrogen) atoms. The van der Waals surface area contributed by atoms with Crippen LogP contribution in [0.1, 0.15) is 52.9 Å². The van der Waals surface area contributed by atoms with Crippen LogP contribution in [0.15, 0.2) is 12.7 Å². The molecule has 0 aliphatic carbocycles. The summed E-state index contributed by atoms with van der Waals surface area (Å²) in [6.07, 6.45) is 5.32. The number of fused-ring (bicyclic) bond motifs is 2. The van der Waals surface area contributed by atoms with E-state index in [9.17, 15) is 9.90 Å². The fourth-order valence-corrected chi connectivity index (χ4v) is 3.37. The van der Waals surface area contributed by atoms with E-state index in [0.29, 0.717) is 19.3 Å². The number of hydrogen-bond acceptors (Lipinski definition) is 3. The van der Waals surface area contributed by atoms with Crippen molar-refractivity contribution in [2.75, 3.05) is 0 Å². The van der Waals surface area contributed by atoms with Gasteiger partial charge in [0.05, 0.1) is 5.60 Å². The molecule has 2 rings (SSSR count). The summed E-state index contributed by atoms with van der Waals surface area (Å²) in [7, 11) is 0. The summed E-state index contributed by atoms with van der Waals surface area (Å²) in [4.78, 5) is 14.1. The third-order valence-electron chi connectivity index (χ3n) is 3.98. The molecule has 2 heterocycles. The zero-order valence-electron chi connectivity index (χ0n) is 12.2. The Kier molecular flexibility index (Phi) is 3.65. The number of rotatable bonds is 2. The first-order valence-electron chi connectivity index (χ1n) is 7.09. The molecule has 108 valence electrons. The molecule has 0 saturated carbocycles. The zero-order chi connectivity index (χ0) is 14.3. The van der Waals surface area contributed by atoms with Crippen LogP contribution in [0.4, 0.5) is 4.79 Å². The van der Waals surface area contributed by atoms with Crippen LogP contribution in [0.3, 0.4) is 0 Å². The van der Waals surface area contributed by atoms with Gasteiger partial charge in [-0.2, -0.15) is 0 Å². The molecule has 2 aliphatic heterocycles. The number of aliphatic hydroxyl groups is 1. The van der Waals surface area contributed by atoms with Crippen LogP contribution >= 0.6 is 0 Å². The van der Waals surface area contributed by atoms with Gasteiger partial charge in [-0.1, -0.05) is 6.08 Å². The van der Waals surface area contributed by atoms with Gasteiger partial charge in [0.25, 0.3) is 0 Å². The molecule has 2 bridgehead atoms. The number of carbonyl (C=O) groups is 1. The van der Waals surface area contributed by atoms with Crippen molar-refractivity contribution < 1.29 is 14.6 Å². The number of hydrogen-bond donors (Lipinski definition) is 1. The number of amides is 1. The van der Waals surface area contributed by atoms with E-state index >= 15 is 0 Å². The SMILES string of the molecule is C=CCC1(O)CC2CCC(C1)N2C(=O)OC(C)(C)C. The molecule has 1 amide bonds. The molecule has 0 aromatic carbocycles. The van der Waals surface area contributed by atoms with E-state index in [0.717, 1.165) is 12.8 Å². The van der Waals surface area contributed by atoms with Gasteiger partial charge in [-0.3, -0.25) is 0 Å². The van der Waals surface area contributed by atoms with Crippen LogP contribution in [0.5, 0.6) is 0 Å². The summed E-state index contributed by atoms with van der Waals surface area (Å²) >= 11 is 0. The second-order valence-corrected chi connectivity index (χ2v) is 6.90. The van der Waals surface area contributed by atoms with E-state index in [1.807, 2.05) is 25.7 Å². The Balaban J connectivity index is 2.07. The lowest BCUT2D eigenvalue weighted by Gasteiger charge is -2.43. The monoisotopic (exact) mass is 267 g/mol. The van der Waals surface area contributed by atoms with Gasteiger partial charge in [0, 0.05) is 12.1 Å². The van der Waals surface area contributed by atoms with Gasteiger partial charge in [0.15, 0.2) is 0 Å². The largest absolute Gasteiger partial charge is 0.444 e. The van der Waals surface area contributed by atoms with Gasteiger partial charge in [-0.25, -0.2) is 4.79 Å². The summed E-state index contributed by atoms with van der Waals surface area (Å²) in [6, 6.07) is 0.220. The number of piperidine rings is 1. The van der Waals surface area contributed by atoms with Gasteiger partial charge >= 0.3 is 6.09 Å². The second kappa shape index (κ2) is 4.82. The molecule has 2 fully saturated rings. The van der Waals surface area contributed by atoms with E-state index in [4.69, 9.17) is 4.74 Å². The summed E-state index contributed by atoms with van der Waals surface area (Å²) in [5.74, 6) is 0. The molecule has 2 saturated heterocycles. The predicted molar refractivity (Wildman–Crippen MR) is 73.9 cm³/mol. The topological polar surface area (TPSA) is 49.8 Å². The van der Waals surface area contributed by atoms with Crippen molar-refractivity contribution in [1.82, 2.24) is 4.90 Å². The molecule has 2 unspecified atom stereocenters. The van der Waals surface area contributed by atoms with Crippen molar-refractivity contribution >= 4 is 6.09 Å². The van der Waals surface area contributed by atoms with Crippen molar-refractivity contribution in [3.63, 3.8) is 0 Å². The maximum atomic E-state index is 12.2. The Morgan fingerprint density at radius 3 is 2.37 bits per heavy atom. The highest BCUT2D eigenvalue weighted by Crippen LogP contribution is 2.42. The van der Waals surface area contributed by atoms with Crippen molar-refractivity contribution in [3.8, 4) is 0 Å². The molecule has 0 radical (unpaired) electrons. The zero-order valence-corrected chi connectivity index (χ0v) is 12.2. The molecule has 1 N–H and O–H groups in total. The van der Waals surface area contributed by atoms with Crippen molar-refractivity contribution in [3.05, 3.63) is 12.7 Å². The Bertz CT molecular complexity index is 358. The normalized spacial score (nSPS) is 34.2. The van der Waals surface area contributed by atoms with Crippen LogP contribution < -0.4 is 0 Å². The third kappa shape index (κ3) is 3.11. The standard InChI is InChI=1S/C15H25NO3/c1-5-8-15(18)9-11-6-7-12(10-15)16(11)13(17)19-14(2,3)4/h5,11-12,18H,1,6-10H2,2-4H3. The van der Waals surface area contributed by atoms with Crippen molar-refractivity contribution in [2.24, 2.45) is 0 Å². The number of carbonyl (C=O) groups excluding carboxylic acids is 1. The van der Waals surface area contributed by atoms with E-state index in [2.05, 4.69) is 6.58 Å². The first-order valence-corrected chi connectivity index (χ1v) is 7.09. The molecule has 0 aromatic heterocycles. The van der Waals surface area contributed by atoms with E-state index in [1.165, 1.54) is 0 Å². The van der Waals surface area contributed by atoms with Gasteiger partial charge in [-0.05, 0) is 52.9 Å². The van der Waals surface area contributed by atoms with Gasteiger partial charge in [0.2, 0.25) is 0 Å². The average Bonchev–Trinajstić information content (AvgIpc) is 2.50.